The fraction of sp³-hybridized carbons (Fsp3) is 0.391. The largest absolute Gasteiger partial charge is 0.481 e. The van der Waals surface area contributed by atoms with E-state index in [0.29, 0.717) is 0 Å². The van der Waals surface area contributed by atoms with E-state index in [1.54, 1.807) is 0 Å². The lowest BCUT2D eigenvalue weighted by Gasteiger charge is -2.40. The van der Waals surface area contributed by atoms with E-state index in [2.05, 4.69) is 20.4 Å². The van der Waals surface area contributed by atoms with Crippen LogP contribution in [0.25, 0.3) is 17.2 Å². The van der Waals surface area contributed by atoms with E-state index in [1.807, 2.05) is 0 Å². The summed E-state index contributed by atoms with van der Waals surface area (Å²) in [6.07, 6.45) is -6.71. The number of imidazole rings is 1. The van der Waals surface area contributed by atoms with Gasteiger partial charge >= 0.3 is 18.3 Å². The Labute approximate surface area is 211 Å². The van der Waals surface area contributed by atoms with Crippen LogP contribution in [0.5, 0.6) is 0 Å². The Morgan fingerprint density at radius 1 is 1.16 bits per heavy atom. The minimum absolute atomic E-state index is 0.0371. The van der Waals surface area contributed by atoms with Crippen molar-refractivity contribution in [3.63, 3.8) is 0 Å². The predicted molar refractivity (Wildman–Crippen MR) is 120 cm³/mol. The Morgan fingerprint density at radius 3 is 2.47 bits per heavy atom. The number of aliphatic carboxylic acids is 1. The van der Waals surface area contributed by atoms with Gasteiger partial charge < -0.3 is 20.3 Å². The second kappa shape index (κ2) is 10.5. The van der Waals surface area contributed by atoms with E-state index >= 15 is 0 Å². The Kier molecular flexibility index (Phi) is 7.49. The monoisotopic (exact) mass is 544 g/mol. The number of carboxylic acids is 1. The van der Waals surface area contributed by atoms with Crippen molar-refractivity contribution in [3.8, 4) is 17.2 Å². The lowest BCUT2D eigenvalue weighted by atomic mass is 9.98. The van der Waals surface area contributed by atoms with Gasteiger partial charge in [0.15, 0.2) is 5.69 Å². The Bertz CT molecular complexity index is 1280. The summed E-state index contributed by atoms with van der Waals surface area (Å²) in [7, 11) is 0. The van der Waals surface area contributed by atoms with Crippen LogP contribution < -0.4 is 5.32 Å². The van der Waals surface area contributed by atoms with Gasteiger partial charge in [-0.1, -0.05) is 18.2 Å². The lowest BCUT2D eigenvalue weighted by Crippen LogP contribution is -2.54. The fourth-order valence-corrected chi connectivity index (χ4v) is 4.17. The van der Waals surface area contributed by atoms with Gasteiger partial charge in [0.25, 0.3) is 5.91 Å². The molecule has 3 N–H and O–H groups in total. The van der Waals surface area contributed by atoms with Gasteiger partial charge in [-0.25, -0.2) is 4.98 Å². The maximum absolute atomic E-state index is 13.7. The summed E-state index contributed by atoms with van der Waals surface area (Å²) >= 11 is 0. The van der Waals surface area contributed by atoms with E-state index in [1.165, 1.54) is 35.5 Å². The van der Waals surface area contributed by atoms with Crippen LogP contribution in [0.15, 0.2) is 42.7 Å². The molecule has 1 aliphatic heterocycles. The summed E-state index contributed by atoms with van der Waals surface area (Å²) in [5, 5.41) is 15.8. The van der Waals surface area contributed by atoms with Gasteiger partial charge in [-0.05, 0) is 18.6 Å². The second-order valence-corrected chi connectivity index (χ2v) is 8.84. The highest BCUT2D eigenvalue weighted by Gasteiger charge is 2.46. The van der Waals surface area contributed by atoms with Crippen LogP contribution >= 0.6 is 0 Å². The summed E-state index contributed by atoms with van der Waals surface area (Å²) in [5.41, 5.74) is -1.62. The maximum atomic E-state index is 13.7. The predicted octanol–water partition coefficient (Wildman–Crippen LogP) is 3.74. The molecule has 0 unspecified atom stereocenters. The van der Waals surface area contributed by atoms with Gasteiger partial charge in [0.1, 0.15) is 0 Å². The molecule has 0 bridgehead atoms. The molecular formula is C23H22F6N6O3. The molecule has 1 atom stereocenters. The molecule has 38 heavy (non-hydrogen) atoms. The third-order valence-electron chi connectivity index (χ3n) is 6.10. The van der Waals surface area contributed by atoms with Crippen molar-refractivity contribution < 1.29 is 41.0 Å². The fourth-order valence-electron chi connectivity index (χ4n) is 4.17. The number of nitrogens with zero attached hydrogens (tertiary/aromatic N) is 4. The number of halogens is 6. The molecule has 3 heterocycles. The smallest absolute Gasteiger partial charge is 0.417 e. The van der Waals surface area contributed by atoms with Crippen LogP contribution in [-0.4, -0.2) is 73.5 Å². The summed E-state index contributed by atoms with van der Waals surface area (Å²) in [5.74, 6) is -3.51. The minimum atomic E-state index is -4.70. The second-order valence-electron chi connectivity index (χ2n) is 8.84. The van der Waals surface area contributed by atoms with Crippen molar-refractivity contribution in [1.29, 1.82) is 0 Å². The number of carbonyl (C=O) groups excluding carboxylic acids is 1. The van der Waals surface area contributed by atoms with E-state index in [9.17, 15) is 41.0 Å². The van der Waals surface area contributed by atoms with E-state index in [0.717, 1.165) is 16.8 Å². The molecule has 204 valence electrons. The summed E-state index contributed by atoms with van der Waals surface area (Å²) < 4.78 is 80.2. The first-order chi connectivity index (χ1) is 17.8. The number of aromatic nitrogens is 4. The van der Waals surface area contributed by atoms with Crippen molar-refractivity contribution in [3.05, 3.63) is 54.0 Å². The summed E-state index contributed by atoms with van der Waals surface area (Å²) in [6.45, 7) is -0.310. The Hall–Kier alpha value is -3.88. The molecule has 9 nitrogen and oxygen atoms in total. The van der Waals surface area contributed by atoms with Crippen LogP contribution in [-0.2, 0) is 11.0 Å². The average Bonchev–Trinajstić information content (AvgIpc) is 3.46. The maximum Gasteiger partial charge on any atom is 0.417 e. The third-order valence-corrected chi connectivity index (χ3v) is 6.10. The van der Waals surface area contributed by atoms with E-state index < -0.39 is 48.2 Å². The molecule has 15 heteroatoms. The van der Waals surface area contributed by atoms with Crippen LogP contribution in [0.2, 0.25) is 0 Å². The number of amides is 1. The van der Waals surface area contributed by atoms with Gasteiger partial charge in [0.05, 0.1) is 23.6 Å². The molecule has 1 aliphatic rings. The van der Waals surface area contributed by atoms with Crippen LogP contribution in [0.4, 0.5) is 26.3 Å². The number of benzene rings is 1. The highest BCUT2D eigenvalue weighted by atomic mass is 19.4. The molecule has 4 rings (SSSR count). The molecule has 1 saturated heterocycles. The number of alkyl halides is 6. The molecule has 1 fully saturated rings. The van der Waals surface area contributed by atoms with Crippen LogP contribution in [0.3, 0.4) is 0 Å². The standard InChI is InChI=1S/C23H22F6N6O3/c24-22(25,26)13-11-34(12-13)8-5-14(9-19(36)37)32-20(38)17-10-18(35(33-17)21-30-6-7-31-21)15-3-1-2-4-16(15)23(27,28)29/h1-4,6-7,10,13-14H,5,8-9,11-12H2,(H,30,31)(H,32,38)(H,36,37)/t14-/m0/s1. The quantitative estimate of drug-likeness (QED) is 0.354. The molecule has 1 amide bonds. The number of rotatable bonds is 9. The number of H-pyrrole nitrogens is 1. The molecule has 0 spiro atoms. The van der Waals surface area contributed by atoms with Crippen molar-refractivity contribution in [2.75, 3.05) is 19.6 Å². The number of nitrogens with one attached hydrogen (secondary N) is 2. The first kappa shape index (κ1) is 27.2. The topological polar surface area (TPSA) is 116 Å². The van der Waals surface area contributed by atoms with Crippen molar-refractivity contribution in [1.82, 2.24) is 30.0 Å². The van der Waals surface area contributed by atoms with Crippen molar-refractivity contribution in [2.24, 2.45) is 5.92 Å². The molecular weight excluding hydrogens is 522 g/mol. The van der Waals surface area contributed by atoms with Crippen molar-refractivity contribution >= 4 is 11.9 Å². The number of carboxylic acid groups (broad SMARTS) is 1. The van der Waals surface area contributed by atoms with Crippen LogP contribution in [0, 0.1) is 5.92 Å². The van der Waals surface area contributed by atoms with Gasteiger partial charge in [-0.15, -0.1) is 0 Å². The molecule has 0 saturated carbocycles. The highest BCUT2D eigenvalue weighted by Crippen LogP contribution is 2.38. The molecule has 0 radical (unpaired) electrons. The third kappa shape index (κ3) is 6.15. The number of hydrogen-bond donors (Lipinski definition) is 3. The normalized spacial score (nSPS) is 15.7. The zero-order chi connectivity index (χ0) is 27.7. The number of hydrogen-bond acceptors (Lipinski definition) is 5. The number of likely N-dealkylation sites (tertiary alicyclic amines) is 1. The zero-order valence-corrected chi connectivity index (χ0v) is 19.6. The molecule has 3 aromatic rings. The van der Waals surface area contributed by atoms with Gasteiger partial charge in [0.2, 0.25) is 5.95 Å². The summed E-state index contributed by atoms with van der Waals surface area (Å²) in [6, 6.07) is 4.89. The molecule has 0 aliphatic carbocycles. The van der Waals surface area contributed by atoms with Crippen LogP contribution in [0.1, 0.15) is 28.9 Å². The number of carbonyl (C=O) groups is 2. The zero-order valence-electron chi connectivity index (χ0n) is 19.6. The van der Waals surface area contributed by atoms with E-state index in [-0.39, 0.29) is 49.0 Å². The SMILES string of the molecule is O=C(O)C[C@H](CCN1CC(C(F)(F)F)C1)NC(=O)c1cc(-c2ccccc2C(F)(F)F)n(-c2ncc[nH]2)n1. The van der Waals surface area contributed by atoms with Gasteiger partial charge in [0, 0.05) is 43.6 Å². The van der Waals surface area contributed by atoms with Gasteiger partial charge in [-0.3, -0.25) is 9.59 Å². The average molecular weight is 544 g/mol. The Morgan fingerprint density at radius 2 is 1.87 bits per heavy atom. The number of aromatic amines is 1. The van der Waals surface area contributed by atoms with Gasteiger partial charge in [-0.2, -0.15) is 36.1 Å². The Balaban J connectivity index is 1.56. The van der Waals surface area contributed by atoms with Crippen molar-refractivity contribution in [2.45, 2.75) is 31.2 Å². The first-order valence-electron chi connectivity index (χ1n) is 11.4. The van der Waals surface area contributed by atoms with E-state index in [4.69, 9.17) is 0 Å². The lowest BCUT2D eigenvalue weighted by molar-refractivity contribution is -0.209. The molecule has 1 aromatic carbocycles. The minimum Gasteiger partial charge on any atom is -0.481 e. The molecule has 2 aromatic heterocycles. The summed E-state index contributed by atoms with van der Waals surface area (Å²) in [4.78, 5) is 32.5. The highest BCUT2D eigenvalue weighted by molar-refractivity contribution is 5.94. The first-order valence-corrected chi connectivity index (χ1v) is 11.4.